The van der Waals surface area contributed by atoms with Crippen LogP contribution in [0.1, 0.15) is 21.9 Å². The molecule has 114 valence electrons. The van der Waals surface area contributed by atoms with Gasteiger partial charge in [0.2, 0.25) is 0 Å². The van der Waals surface area contributed by atoms with E-state index >= 15 is 0 Å². The van der Waals surface area contributed by atoms with Crippen LogP contribution in [0, 0.1) is 0 Å². The Morgan fingerprint density at radius 1 is 0.783 bits per heavy atom. The molecule has 0 spiro atoms. The van der Waals surface area contributed by atoms with Crippen molar-refractivity contribution in [3.8, 4) is 0 Å². The topological polar surface area (TPSA) is 0 Å². The van der Waals surface area contributed by atoms with Gasteiger partial charge in [0.25, 0.3) is 0 Å². The van der Waals surface area contributed by atoms with E-state index in [0.717, 1.165) is 6.42 Å². The van der Waals surface area contributed by atoms with Gasteiger partial charge in [0, 0.05) is 10.1 Å². The average Bonchev–Trinajstić information content (AvgIpc) is 2.63. The van der Waals surface area contributed by atoms with Gasteiger partial charge in [-0.15, -0.1) is 11.8 Å². The van der Waals surface area contributed by atoms with Crippen LogP contribution >= 0.6 is 11.8 Å². The van der Waals surface area contributed by atoms with Crippen molar-refractivity contribution in [3.63, 3.8) is 0 Å². The first-order valence-corrected chi connectivity index (χ1v) is 8.71. The van der Waals surface area contributed by atoms with Gasteiger partial charge in [-0.3, -0.25) is 0 Å². The summed E-state index contributed by atoms with van der Waals surface area (Å²) >= 11 is 1.93. The van der Waals surface area contributed by atoms with Crippen molar-refractivity contribution in [2.24, 2.45) is 0 Å². The van der Waals surface area contributed by atoms with Crippen LogP contribution in [0.4, 0.5) is 0 Å². The fourth-order valence-electron chi connectivity index (χ4n) is 2.56. The van der Waals surface area contributed by atoms with E-state index in [1.165, 1.54) is 21.6 Å². The molecule has 1 heteroatoms. The molecule has 0 aliphatic carbocycles. The van der Waals surface area contributed by atoms with Crippen molar-refractivity contribution < 1.29 is 0 Å². The Labute approximate surface area is 142 Å². The third kappa shape index (κ3) is 4.37. The molecule has 0 heterocycles. The average molecular weight is 316 g/mol. The first kappa shape index (κ1) is 15.6. The summed E-state index contributed by atoms with van der Waals surface area (Å²) in [4.78, 5) is 1.31. The highest BCUT2D eigenvalue weighted by atomic mass is 32.2. The standard InChI is InChI=1S/C22H20S/c1-2-18-13-15-19(16-14-18)17-22(20-9-5-3-6-10-20)23-21-11-7-4-8-12-21/h2-16,22H,1,17H2. The third-order valence-electron chi connectivity index (χ3n) is 3.83. The summed E-state index contributed by atoms with van der Waals surface area (Å²) in [6.07, 6.45) is 2.90. The van der Waals surface area contributed by atoms with Crippen LogP contribution in [-0.2, 0) is 6.42 Å². The van der Waals surface area contributed by atoms with Gasteiger partial charge >= 0.3 is 0 Å². The van der Waals surface area contributed by atoms with E-state index in [9.17, 15) is 0 Å². The third-order valence-corrected chi connectivity index (χ3v) is 5.10. The molecule has 0 radical (unpaired) electrons. The van der Waals surface area contributed by atoms with Crippen LogP contribution < -0.4 is 0 Å². The van der Waals surface area contributed by atoms with Gasteiger partial charge in [-0.05, 0) is 35.2 Å². The molecule has 3 aromatic carbocycles. The highest BCUT2D eigenvalue weighted by Crippen LogP contribution is 2.37. The van der Waals surface area contributed by atoms with Crippen molar-refractivity contribution in [1.29, 1.82) is 0 Å². The Kier molecular flexibility index (Phi) is 5.33. The van der Waals surface area contributed by atoms with E-state index in [2.05, 4.69) is 91.5 Å². The maximum atomic E-state index is 3.82. The van der Waals surface area contributed by atoms with Crippen LogP contribution in [0.5, 0.6) is 0 Å². The van der Waals surface area contributed by atoms with E-state index < -0.39 is 0 Å². The van der Waals surface area contributed by atoms with Crippen LogP contribution in [0.2, 0.25) is 0 Å². The number of hydrogen-bond acceptors (Lipinski definition) is 1. The first-order chi connectivity index (χ1) is 11.3. The van der Waals surface area contributed by atoms with Gasteiger partial charge in [-0.1, -0.05) is 85.5 Å². The SMILES string of the molecule is C=Cc1ccc(CC(Sc2ccccc2)c2ccccc2)cc1. The van der Waals surface area contributed by atoms with Gasteiger partial charge in [0.1, 0.15) is 0 Å². The van der Waals surface area contributed by atoms with Gasteiger partial charge in [0.05, 0.1) is 0 Å². The number of thioether (sulfide) groups is 1. The van der Waals surface area contributed by atoms with E-state index in [4.69, 9.17) is 0 Å². The molecule has 0 saturated heterocycles. The van der Waals surface area contributed by atoms with Gasteiger partial charge < -0.3 is 0 Å². The van der Waals surface area contributed by atoms with Crippen molar-refractivity contribution >= 4 is 17.8 Å². The fraction of sp³-hybridized carbons (Fsp3) is 0.0909. The molecular weight excluding hydrogens is 296 g/mol. The minimum atomic E-state index is 0.410. The van der Waals surface area contributed by atoms with Crippen molar-refractivity contribution in [2.75, 3.05) is 0 Å². The minimum absolute atomic E-state index is 0.410. The molecule has 0 bridgehead atoms. The molecule has 1 unspecified atom stereocenters. The molecule has 0 nitrogen and oxygen atoms in total. The van der Waals surface area contributed by atoms with Crippen molar-refractivity contribution in [2.45, 2.75) is 16.6 Å². The molecule has 3 rings (SSSR count). The zero-order valence-corrected chi connectivity index (χ0v) is 13.9. The summed E-state index contributed by atoms with van der Waals surface area (Å²) in [5.74, 6) is 0. The largest absolute Gasteiger partial charge is 0.118 e. The Bertz CT molecular complexity index is 730. The van der Waals surface area contributed by atoms with Crippen molar-refractivity contribution in [3.05, 3.63) is 108 Å². The normalized spacial score (nSPS) is 11.8. The highest BCUT2D eigenvalue weighted by Gasteiger charge is 2.14. The van der Waals surface area contributed by atoms with E-state index in [0.29, 0.717) is 5.25 Å². The van der Waals surface area contributed by atoms with Gasteiger partial charge in [-0.25, -0.2) is 0 Å². The molecule has 0 saturated carbocycles. The zero-order valence-electron chi connectivity index (χ0n) is 13.1. The van der Waals surface area contributed by atoms with E-state index in [1.54, 1.807) is 0 Å². The van der Waals surface area contributed by atoms with E-state index in [1.807, 2.05) is 17.8 Å². The molecule has 3 aromatic rings. The predicted octanol–water partition coefficient (Wildman–Crippen LogP) is 6.41. The van der Waals surface area contributed by atoms with Crippen LogP contribution in [0.3, 0.4) is 0 Å². The second kappa shape index (κ2) is 7.85. The maximum absolute atomic E-state index is 3.82. The summed E-state index contributed by atoms with van der Waals surface area (Å²) in [5.41, 5.74) is 3.89. The number of rotatable bonds is 6. The molecule has 23 heavy (non-hydrogen) atoms. The zero-order chi connectivity index (χ0) is 15.9. The van der Waals surface area contributed by atoms with Crippen LogP contribution in [-0.4, -0.2) is 0 Å². The molecule has 0 amide bonds. The van der Waals surface area contributed by atoms with Gasteiger partial charge in [0.15, 0.2) is 0 Å². The van der Waals surface area contributed by atoms with Crippen LogP contribution in [0.25, 0.3) is 6.08 Å². The fourth-order valence-corrected chi connectivity index (χ4v) is 3.77. The molecule has 0 fully saturated rings. The minimum Gasteiger partial charge on any atom is -0.118 e. The second-order valence-corrected chi connectivity index (χ2v) is 6.76. The summed E-state index contributed by atoms with van der Waals surface area (Å²) in [5, 5.41) is 0.410. The van der Waals surface area contributed by atoms with Gasteiger partial charge in [-0.2, -0.15) is 0 Å². The smallest absolute Gasteiger partial charge is 0.0384 e. The lowest BCUT2D eigenvalue weighted by molar-refractivity contribution is 0.931. The van der Waals surface area contributed by atoms with Crippen LogP contribution in [0.15, 0.2) is 96.4 Å². The Morgan fingerprint density at radius 3 is 2.00 bits per heavy atom. The lowest BCUT2D eigenvalue weighted by Gasteiger charge is -2.17. The molecule has 0 N–H and O–H groups in total. The molecule has 0 aliphatic heterocycles. The van der Waals surface area contributed by atoms with Crippen molar-refractivity contribution in [1.82, 2.24) is 0 Å². The summed E-state index contributed by atoms with van der Waals surface area (Å²) in [6.45, 7) is 3.82. The number of benzene rings is 3. The summed E-state index contributed by atoms with van der Waals surface area (Å²) in [6, 6.07) is 30.1. The molecule has 0 aromatic heterocycles. The first-order valence-electron chi connectivity index (χ1n) is 7.83. The maximum Gasteiger partial charge on any atom is 0.0384 e. The predicted molar refractivity (Wildman–Crippen MR) is 102 cm³/mol. The van der Waals surface area contributed by atoms with E-state index in [-0.39, 0.29) is 0 Å². The summed E-state index contributed by atoms with van der Waals surface area (Å²) < 4.78 is 0. The highest BCUT2D eigenvalue weighted by molar-refractivity contribution is 7.99. The second-order valence-electron chi connectivity index (χ2n) is 5.48. The lowest BCUT2D eigenvalue weighted by Crippen LogP contribution is -1.99. The lowest BCUT2D eigenvalue weighted by atomic mass is 10.0. The quantitative estimate of drug-likeness (QED) is 0.474. The Hall–Kier alpha value is -2.25. The molecule has 1 atom stereocenters. The Balaban J connectivity index is 1.83. The molecule has 0 aliphatic rings. The molecular formula is C22H20S. The summed E-state index contributed by atoms with van der Waals surface area (Å²) in [7, 11) is 0. The Morgan fingerprint density at radius 2 is 1.39 bits per heavy atom. The monoisotopic (exact) mass is 316 g/mol. The number of hydrogen-bond donors (Lipinski definition) is 0.